The van der Waals surface area contributed by atoms with Gasteiger partial charge >= 0.3 is 0 Å². The molecule has 5 atom stereocenters. The van der Waals surface area contributed by atoms with Gasteiger partial charge in [0.25, 0.3) is 5.91 Å². The van der Waals surface area contributed by atoms with Crippen molar-refractivity contribution in [3.8, 4) is 12.1 Å². The van der Waals surface area contributed by atoms with E-state index in [-0.39, 0.29) is 18.5 Å². The van der Waals surface area contributed by atoms with Crippen LogP contribution in [-0.4, -0.2) is 24.5 Å². The van der Waals surface area contributed by atoms with Crippen LogP contribution in [0.25, 0.3) is 0 Å². The molecule has 128 valence electrons. The number of nitrogens with two attached hydrogens (primary N) is 1. The zero-order valence-electron chi connectivity index (χ0n) is 13.9. The summed E-state index contributed by atoms with van der Waals surface area (Å²) in [6.45, 7) is 4.06. The average Bonchev–Trinajstić information content (AvgIpc) is 2.86. The van der Waals surface area contributed by atoms with E-state index in [4.69, 9.17) is 26.8 Å². The van der Waals surface area contributed by atoms with E-state index in [0.717, 1.165) is 5.56 Å². The molecule has 25 heavy (non-hydrogen) atoms. The highest BCUT2D eigenvalue weighted by Gasteiger charge is 3.01. The number of aliphatic imine (C=N–C) groups is 1. The van der Waals surface area contributed by atoms with Crippen molar-refractivity contribution in [1.82, 2.24) is 0 Å². The molecular weight excluding hydrogens is 340 g/mol. The van der Waals surface area contributed by atoms with E-state index >= 15 is 0 Å². The zero-order valence-corrected chi connectivity index (χ0v) is 14.7. The summed E-state index contributed by atoms with van der Waals surface area (Å²) in [6.07, 6.45) is 0.249. The van der Waals surface area contributed by atoms with E-state index in [2.05, 4.69) is 17.1 Å². The Morgan fingerprint density at radius 2 is 2.16 bits per heavy atom. The number of nitriles is 2. The van der Waals surface area contributed by atoms with E-state index in [0.29, 0.717) is 11.4 Å². The predicted octanol–water partition coefficient (Wildman–Crippen LogP) is 2.48. The summed E-state index contributed by atoms with van der Waals surface area (Å²) in [5.74, 6) is -1.47. The quantitative estimate of drug-likeness (QED) is 0.876. The van der Waals surface area contributed by atoms with E-state index in [9.17, 15) is 10.5 Å². The lowest BCUT2D eigenvalue weighted by Gasteiger charge is -2.31. The number of rotatable bonds is 2. The normalized spacial score (nSPS) is 44.0. The van der Waals surface area contributed by atoms with Crippen LogP contribution < -0.4 is 5.73 Å². The molecule has 7 heteroatoms. The van der Waals surface area contributed by atoms with E-state index in [1.54, 1.807) is 18.2 Å². The van der Waals surface area contributed by atoms with Gasteiger partial charge in [-0.25, -0.2) is 4.99 Å². The minimum atomic E-state index is -1.56. The fraction of sp³-hybridized carbons (Fsp3) is 0.500. The molecular formula is C18H17ClN4O2. The molecule has 0 bridgehead atoms. The number of fused-ring (bicyclic) bond motifs is 2. The first kappa shape index (κ1) is 16.4. The number of ether oxygens (including phenoxy) is 2. The van der Waals surface area contributed by atoms with Gasteiger partial charge in [0.2, 0.25) is 0 Å². The van der Waals surface area contributed by atoms with Crippen LogP contribution in [0.5, 0.6) is 0 Å². The fourth-order valence-electron chi connectivity index (χ4n) is 5.11. The first-order valence-corrected chi connectivity index (χ1v) is 8.55. The van der Waals surface area contributed by atoms with E-state index < -0.39 is 22.2 Å². The molecule has 1 spiro atoms. The van der Waals surface area contributed by atoms with Crippen LogP contribution >= 0.6 is 11.6 Å². The fourth-order valence-corrected chi connectivity index (χ4v) is 5.30. The highest BCUT2D eigenvalue weighted by atomic mass is 35.5. The second-order valence-electron chi connectivity index (χ2n) is 6.81. The topological polar surface area (TPSA) is 104 Å². The number of hydrogen-bond acceptors (Lipinski definition) is 6. The molecule has 0 aromatic heterocycles. The van der Waals surface area contributed by atoms with Gasteiger partial charge < -0.3 is 15.2 Å². The molecule has 2 heterocycles. The van der Waals surface area contributed by atoms with Gasteiger partial charge in [-0.2, -0.15) is 10.5 Å². The summed E-state index contributed by atoms with van der Waals surface area (Å²) in [5, 5.41) is 20.9. The average molecular weight is 357 g/mol. The summed E-state index contributed by atoms with van der Waals surface area (Å²) in [7, 11) is 0. The maximum Gasteiger partial charge on any atom is 0.294 e. The van der Waals surface area contributed by atoms with Crippen LogP contribution in [0.4, 0.5) is 0 Å². The molecule has 2 fully saturated rings. The Morgan fingerprint density at radius 3 is 2.68 bits per heavy atom. The van der Waals surface area contributed by atoms with E-state index in [1.165, 1.54) is 0 Å². The summed E-state index contributed by atoms with van der Waals surface area (Å²) in [6, 6.07) is 11.8. The predicted molar refractivity (Wildman–Crippen MR) is 90.4 cm³/mol. The zero-order chi connectivity index (χ0) is 18.1. The molecule has 2 aliphatic heterocycles. The molecule has 3 aliphatic rings. The van der Waals surface area contributed by atoms with Gasteiger partial charge in [0.15, 0.2) is 10.8 Å². The van der Waals surface area contributed by atoms with Crippen LogP contribution in [0, 0.1) is 33.5 Å². The highest BCUT2D eigenvalue weighted by molar-refractivity contribution is 6.30. The molecule has 1 saturated carbocycles. The lowest BCUT2D eigenvalue weighted by molar-refractivity contribution is -0.197. The van der Waals surface area contributed by atoms with Crippen molar-refractivity contribution in [1.29, 1.82) is 10.5 Å². The molecule has 0 amide bonds. The van der Waals surface area contributed by atoms with Crippen LogP contribution in [0.1, 0.15) is 25.8 Å². The summed E-state index contributed by atoms with van der Waals surface area (Å²) in [4.78, 5) is 4.35. The standard InChI is InChI=1S/C18H17ClN4O2/c1-3-15(12-5-4-6-13(19)7-12)16(9-20)14(22)23-18(17(15,16)10-21)24-8-11(2)25-18/h4-7,11H,3,8H2,1-2H3,(H2,22,23)/t11-,15+,16-,17+,18+/m0/s1. The molecule has 1 aromatic rings. The Balaban J connectivity index is 2.04. The minimum Gasteiger partial charge on any atom is -0.386 e. The Bertz CT molecular complexity index is 890. The van der Waals surface area contributed by atoms with Gasteiger partial charge in [-0.05, 0) is 31.0 Å². The van der Waals surface area contributed by atoms with Crippen molar-refractivity contribution in [2.45, 2.75) is 37.7 Å². The second kappa shape index (κ2) is 4.74. The highest BCUT2D eigenvalue weighted by Crippen LogP contribution is 2.86. The van der Waals surface area contributed by atoms with Crippen molar-refractivity contribution in [2.24, 2.45) is 21.6 Å². The third-order valence-corrected chi connectivity index (χ3v) is 6.20. The number of hydrogen-bond donors (Lipinski definition) is 1. The summed E-state index contributed by atoms with van der Waals surface area (Å²) < 4.78 is 11.8. The molecule has 1 aromatic carbocycles. The third-order valence-electron chi connectivity index (χ3n) is 5.96. The van der Waals surface area contributed by atoms with Gasteiger partial charge in [-0.15, -0.1) is 0 Å². The number of amidine groups is 1. The number of benzene rings is 1. The monoisotopic (exact) mass is 356 g/mol. The Kier molecular flexibility index (Phi) is 3.10. The second-order valence-corrected chi connectivity index (χ2v) is 7.25. The Hall–Kier alpha value is -2.12. The number of halogens is 1. The van der Waals surface area contributed by atoms with Crippen LogP contribution in [0.2, 0.25) is 5.02 Å². The smallest absolute Gasteiger partial charge is 0.294 e. The molecule has 4 rings (SSSR count). The SMILES string of the molecule is CC[C@@]1(c2cccc(Cl)c2)[C@]2(C#N)C(N)=N[C@@]3(OC[C@H](C)O3)[C@@]21C#N. The van der Waals surface area contributed by atoms with Crippen molar-refractivity contribution < 1.29 is 9.47 Å². The number of nitrogens with zero attached hydrogens (tertiary/aromatic N) is 3. The van der Waals surface area contributed by atoms with Crippen molar-refractivity contribution in [2.75, 3.05) is 6.61 Å². The van der Waals surface area contributed by atoms with E-state index in [1.807, 2.05) is 19.9 Å². The lowest BCUT2D eigenvalue weighted by atomic mass is 9.80. The largest absolute Gasteiger partial charge is 0.386 e. The van der Waals surface area contributed by atoms with Crippen LogP contribution in [0.3, 0.4) is 0 Å². The first-order valence-electron chi connectivity index (χ1n) is 8.17. The maximum absolute atomic E-state index is 10.3. The lowest BCUT2D eigenvalue weighted by Crippen LogP contribution is -2.43. The third kappa shape index (κ3) is 1.39. The Labute approximate surface area is 150 Å². The van der Waals surface area contributed by atoms with Crippen LogP contribution in [0.15, 0.2) is 29.3 Å². The van der Waals surface area contributed by atoms with Gasteiger partial charge in [0, 0.05) is 5.02 Å². The maximum atomic E-state index is 10.3. The Morgan fingerprint density at radius 1 is 1.40 bits per heavy atom. The van der Waals surface area contributed by atoms with Gasteiger partial charge in [-0.1, -0.05) is 30.7 Å². The first-order chi connectivity index (χ1) is 11.9. The molecule has 0 unspecified atom stereocenters. The van der Waals surface area contributed by atoms with Crippen LogP contribution in [-0.2, 0) is 14.9 Å². The molecule has 6 nitrogen and oxygen atoms in total. The summed E-state index contributed by atoms with van der Waals surface area (Å²) in [5.41, 5.74) is 3.45. The molecule has 2 N–H and O–H groups in total. The molecule has 0 radical (unpaired) electrons. The summed E-state index contributed by atoms with van der Waals surface area (Å²) >= 11 is 6.19. The van der Waals surface area contributed by atoms with Crippen molar-refractivity contribution in [3.63, 3.8) is 0 Å². The molecule has 1 saturated heterocycles. The van der Waals surface area contributed by atoms with Gasteiger partial charge in [-0.3, -0.25) is 0 Å². The van der Waals surface area contributed by atoms with Gasteiger partial charge in [0.1, 0.15) is 5.84 Å². The minimum absolute atomic E-state index is 0.0903. The van der Waals surface area contributed by atoms with Crippen molar-refractivity contribution in [3.05, 3.63) is 34.9 Å². The van der Waals surface area contributed by atoms with Gasteiger partial charge in [0.05, 0.1) is 30.3 Å². The molecule has 1 aliphatic carbocycles. The van der Waals surface area contributed by atoms with Crippen molar-refractivity contribution >= 4 is 17.4 Å².